The van der Waals surface area contributed by atoms with E-state index in [2.05, 4.69) is 52.8 Å². The molecule has 0 saturated carbocycles. The normalized spacial score (nSPS) is 11.5. The first kappa shape index (κ1) is 15.1. The van der Waals surface area contributed by atoms with Crippen LogP contribution in [0.25, 0.3) is 0 Å². The Balaban J connectivity index is 1.79. The van der Waals surface area contributed by atoms with Gasteiger partial charge in [0.25, 0.3) is 0 Å². The molecule has 2 N–H and O–H groups in total. The van der Waals surface area contributed by atoms with Gasteiger partial charge in [0.2, 0.25) is 0 Å². The average molecular weight is 285 g/mol. The highest BCUT2D eigenvalue weighted by Gasteiger charge is 2.01. The summed E-state index contributed by atoms with van der Waals surface area (Å²) in [6.07, 6.45) is 3.74. The van der Waals surface area contributed by atoms with E-state index in [0.717, 1.165) is 25.6 Å². The molecule has 0 fully saturated rings. The van der Waals surface area contributed by atoms with Gasteiger partial charge in [-0.1, -0.05) is 23.8 Å². The van der Waals surface area contributed by atoms with Crippen LogP contribution in [0.3, 0.4) is 0 Å². The van der Waals surface area contributed by atoms with Crippen LogP contribution in [0.15, 0.2) is 41.7 Å². The van der Waals surface area contributed by atoms with Gasteiger partial charge in [-0.25, -0.2) is 0 Å². The van der Waals surface area contributed by atoms with Crippen molar-refractivity contribution in [2.45, 2.75) is 26.9 Å². The van der Waals surface area contributed by atoms with Crippen molar-refractivity contribution >= 4 is 5.96 Å². The van der Waals surface area contributed by atoms with Crippen LogP contribution in [-0.2, 0) is 13.1 Å². The molecule has 0 aliphatic rings. The summed E-state index contributed by atoms with van der Waals surface area (Å²) in [7, 11) is 1.78. The fourth-order valence-electron chi connectivity index (χ4n) is 2.17. The van der Waals surface area contributed by atoms with Crippen LogP contribution in [0, 0.1) is 13.8 Å². The third kappa shape index (κ3) is 4.63. The molecule has 0 saturated heterocycles. The van der Waals surface area contributed by atoms with Gasteiger partial charge >= 0.3 is 0 Å². The van der Waals surface area contributed by atoms with Gasteiger partial charge in [-0.05, 0) is 31.0 Å². The number of benzene rings is 1. The monoisotopic (exact) mass is 285 g/mol. The molecule has 1 heterocycles. The van der Waals surface area contributed by atoms with Gasteiger partial charge in [0.15, 0.2) is 5.96 Å². The van der Waals surface area contributed by atoms with Crippen molar-refractivity contribution in [1.29, 1.82) is 0 Å². The first-order chi connectivity index (χ1) is 10.2. The number of aryl methyl sites for hydroxylation is 2. The molecule has 0 bridgehead atoms. The first-order valence-electron chi connectivity index (χ1n) is 7.17. The molecule has 1 aromatic carbocycles. The highest BCUT2D eigenvalue weighted by Crippen LogP contribution is 2.09. The molecule has 0 spiro atoms. The van der Waals surface area contributed by atoms with Gasteiger partial charge in [-0.15, -0.1) is 0 Å². The molecular weight excluding hydrogens is 262 g/mol. The first-order valence-corrected chi connectivity index (χ1v) is 7.17. The average Bonchev–Trinajstić information content (AvgIpc) is 2.97. The second-order valence-electron chi connectivity index (χ2n) is 5.05. The van der Waals surface area contributed by atoms with Crippen molar-refractivity contribution in [1.82, 2.24) is 20.4 Å². The molecule has 21 heavy (non-hydrogen) atoms. The summed E-state index contributed by atoms with van der Waals surface area (Å²) >= 11 is 0. The zero-order valence-corrected chi connectivity index (χ0v) is 12.9. The van der Waals surface area contributed by atoms with Gasteiger partial charge in [0.05, 0.1) is 6.54 Å². The number of aromatic nitrogens is 2. The number of aliphatic imine (C=N–C) groups is 1. The Bertz CT molecular complexity index is 587. The van der Waals surface area contributed by atoms with Crippen molar-refractivity contribution in [2.24, 2.45) is 4.99 Å². The fourth-order valence-corrected chi connectivity index (χ4v) is 2.17. The van der Waals surface area contributed by atoms with Gasteiger partial charge in [-0.2, -0.15) is 5.10 Å². The lowest BCUT2D eigenvalue weighted by Gasteiger charge is -2.13. The van der Waals surface area contributed by atoms with E-state index in [1.54, 1.807) is 13.2 Å². The standard InChI is InChI=1S/C16H23N5/c1-13-5-6-15(14(2)11-13)12-19-16(17-3)18-8-10-21-9-4-7-20-21/h4-7,9,11H,8,10,12H2,1-3H3,(H2,17,18,19). The summed E-state index contributed by atoms with van der Waals surface area (Å²) in [5, 5.41) is 10.8. The molecule has 2 rings (SSSR count). The van der Waals surface area contributed by atoms with Crippen molar-refractivity contribution in [3.63, 3.8) is 0 Å². The topological polar surface area (TPSA) is 54.2 Å². The summed E-state index contributed by atoms with van der Waals surface area (Å²) in [4.78, 5) is 4.23. The van der Waals surface area contributed by atoms with Gasteiger partial charge in [0, 0.05) is 32.5 Å². The van der Waals surface area contributed by atoms with Crippen LogP contribution in [0.5, 0.6) is 0 Å². The number of hydrogen-bond acceptors (Lipinski definition) is 2. The minimum Gasteiger partial charge on any atom is -0.355 e. The number of nitrogens with zero attached hydrogens (tertiary/aromatic N) is 3. The Morgan fingerprint density at radius 2 is 2.14 bits per heavy atom. The smallest absolute Gasteiger partial charge is 0.191 e. The third-order valence-electron chi connectivity index (χ3n) is 3.36. The van der Waals surface area contributed by atoms with E-state index >= 15 is 0 Å². The highest BCUT2D eigenvalue weighted by atomic mass is 15.3. The maximum atomic E-state index is 4.23. The Morgan fingerprint density at radius 1 is 1.29 bits per heavy atom. The van der Waals surface area contributed by atoms with Crippen molar-refractivity contribution in [3.05, 3.63) is 53.3 Å². The third-order valence-corrected chi connectivity index (χ3v) is 3.36. The summed E-state index contributed by atoms with van der Waals surface area (Å²) < 4.78 is 1.89. The Labute approximate surface area is 126 Å². The highest BCUT2D eigenvalue weighted by molar-refractivity contribution is 5.79. The zero-order valence-electron chi connectivity index (χ0n) is 12.9. The quantitative estimate of drug-likeness (QED) is 0.651. The SMILES string of the molecule is CN=C(NCCn1cccn1)NCc1ccc(C)cc1C. The molecule has 5 heteroatoms. The summed E-state index contributed by atoms with van der Waals surface area (Å²) in [6.45, 7) is 6.62. The second-order valence-corrected chi connectivity index (χ2v) is 5.05. The van der Waals surface area contributed by atoms with E-state index in [1.165, 1.54) is 16.7 Å². The number of hydrogen-bond donors (Lipinski definition) is 2. The summed E-state index contributed by atoms with van der Waals surface area (Å²) in [5.41, 5.74) is 3.88. The predicted octanol–water partition coefficient (Wildman–Crippen LogP) is 1.87. The molecular formula is C16H23N5. The lowest BCUT2D eigenvalue weighted by molar-refractivity contribution is 0.597. The summed E-state index contributed by atoms with van der Waals surface area (Å²) in [6, 6.07) is 8.42. The van der Waals surface area contributed by atoms with Crippen LogP contribution in [-0.4, -0.2) is 29.3 Å². The minimum atomic E-state index is 0.771. The lowest BCUT2D eigenvalue weighted by Crippen LogP contribution is -2.38. The van der Waals surface area contributed by atoms with E-state index in [9.17, 15) is 0 Å². The van der Waals surface area contributed by atoms with E-state index in [1.807, 2.05) is 16.9 Å². The number of rotatable bonds is 5. The Hall–Kier alpha value is -2.30. The number of nitrogens with one attached hydrogen (secondary N) is 2. The molecule has 5 nitrogen and oxygen atoms in total. The van der Waals surface area contributed by atoms with E-state index < -0.39 is 0 Å². The molecule has 0 atom stereocenters. The van der Waals surface area contributed by atoms with Crippen LogP contribution >= 0.6 is 0 Å². The fraction of sp³-hybridized carbons (Fsp3) is 0.375. The molecule has 0 amide bonds. The Morgan fingerprint density at radius 3 is 2.81 bits per heavy atom. The van der Waals surface area contributed by atoms with Crippen LogP contribution < -0.4 is 10.6 Å². The molecule has 0 aliphatic heterocycles. The maximum absolute atomic E-state index is 4.23. The Kier molecular flexibility index (Phi) is 5.37. The van der Waals surface area contributed by atoms with Crippen molar-refractivity contribution in [2.75, 3.05) is 13.6 Å². The lowest BCUT2D eigenvalue weighted by atomic mass is 10.1. The zero-order chi connectivity index (χ0) is 15.1. The van der Waals surface area contributed by atoms with Crippen molar-refractivity contribution in [3.8, 4) is 0 Å². The van der Waals surface area contributed by atoms with E-state index in [4.69, 9.17) is 0 Å². The molecule has 1 aromatic heterocycles. The van der Waals surface area contributed by atoms with E-state index in [-0.39, 0.29) is 0 Å². The molecule has 0 unspecified atom stereocenters. The maximum Gasteiger partial charge on any atom is 0.191 e. The van der Waals surface area contributed by atoms with Crippen LogP contribution in [0.1, 0.15) is 16.7 Å². The largest absolute Gasteiger partial charge is 0.355 e. The van der Waals surface area contributed by atoms with Gasteiger partial charge in [0.1, 0.15) is 0 Å². The molecule has 0 aliphatic carbocycles. The predicted molar refractivity (Wildman–Crippen MR) is 86.3 cm³/mol. The summed E-state index contributed by atoms with van der Waals surface area (Å²) in [5.74, 6) is 0.808. The molecule has 112 valence electrons. The van der Waals surface area contributed by atoms with Crippen LogP contribution in [0.4, 0.5) is 0 Å². The van der Waals surface area contributed by atoms with E-state index in [0.29, 0.717) is 0 Å². The van der Waals surface area contributed by atoms with Gasteiger partial charge in [-0.3, -0.25) is 9.67 Å². The minimum absolute atomic E-state index is 0.771. The van der Waals surface area contributed by atoms with Crippen molar-refractivity contribution < 1.29 is 0 Å². The number of guanidine groups is 1. The second kappa shape index (κ2) is 7.47. The molecule has 0 radical (unpaired) electrons. The van der Waals surface area contributed by atoms with Gasteiger partial charge < -0.3 is 10.6 Å². The van der Waals surface area contributed by atoms with Crippen LogP contribution in [0.2, 0.25) is 0 Å². The molecule has 2 aromatic rings.